The highest BCUT2D eigenvalue weighted by Gasteiger charge is 2.29. The van der Waals surface area contributed by atoms with Crippen molar-refractivity contribution in [3.8, 4) is 0 Å². The highest BCUT2D eigenvalue weighted by atomic mass is 32.1. The van der Waals surface area contributed by atoms with Gasteiger partial charge in [0, 0.05) is 18.6 Å². The third kappa shape index (κ3) is 11.5. The van der Waals surface area contributed by atoms with Crippen LogP contribution in [-0.4, -0.2) is 76.3 Å². The summed E-state index contributed by atoms with van der Waals surface area (Å²) in [5.41, 5.74) is 11.9. The maximum atomic E-state index is 12.9. The summed E-state index contributed by atoms with van der Waals surface area (Å²) in [5.74, 6) is -4.60. The van der Waals surface area contributed by atoms with E-state index < -0.39 is 53.8 Å². The third-order valence-electron chi connectivity index (χ3n) is 5.30. The van der Waals surface area contributed by atoms with Gasteiger partial charge >= 0.3 is 11.9 Å². The average molecular weight is 526 g/mol. The van der Waals surface area contributed by atoms with Crippen LogP contribution < -0.4 is 27.4 Å². The normalized spacial score (nSPS) is 14.1. The molecule has 0 aliphatic rings. The number of benzene rings is 1. The van der Waals surface area contributed by atoms with Gasteiger partial charge in [0.25, 0.3) is 0 Å². The minimum atomic E-state index is -1.24. The maximum Gasteiger partial charge on any atom is 0.326 e. The summed E-state index contributed by atoms with van der Waals surface area (Å²) in [6.07, 6.45) is 0.899. The van der Waals surface area contributed by atoms with Crippen LogP contribution in [0.4, 0.5) is 0 Å². The van der Waals surface area contributed by atoms with Crippen molar-refractivity contribution in [2.45, 2.75) is 62.7 Å². The lowest BCUT2D eigenvalue weighted by Gasteiger charge is -2.24. The zero-order valence-electron chi connectivity index (χ0n) is 19.9. The van der Waals surface area contributed by atoms with E-state index in [9.17, 15) is 29.1 Å². The Hall–Kier alpha value is -3.16. The summed E-state index contributed by atoms with van der Waals surface area (Å²) in [5, 5.41) is 25.7. The number of hydrogen-bond donors (Lipinski definition) is 8. The van der Waals surface area contributed by atoms with Crippen molar-refractivity contribution >= 4 is 42.3 Å². The molecule has 4 atom stereocenters. The van der Waals surface area contributed by atoms with Crippen molar-refractivity contribution in [2.24, 2.45) is 11.5 Å². The van der Waals surface area contributed by atoms with Crippen LogP contribution in [0, 0.1) is 0 Å². The highest BCUT2D eigenvalue weighted by molar-refractivity contribution is 7.80. The van der Waals surface area contributed by atoms with Crippen LogP contribution in [0.3, 0.4) is 0 Å². The Morgan fingerprint density at radius 1 is 0.833 bits per heavy atom. The van der Waals surface area contributed by atoms with Gasteiger partial charge in [-0.2, -0.15) is 12.6 Å². The van der Waals surface area contributed by atoms with E-state index in [4.69, 9.17) is 16.6 Å². The van der Waals surface area contributed by atoms with Crippen LogP contribution in [0.2, 0.25) is 0 Å². The summed E-state index contributed by atoms with van der Waals surface area (Å²) in [7, 11) is 0. The number of aliphatic carboxylic acids is 2. The first kappa shape index (κ1) is 30.9. The molecule has 1 rings (SSSR count). The molecule has 0 heterocycles. The van der Waals surface area contributed by atoms with Gasteiger partial charge in [-0.05, 0) is 37.8 Å². The fourth-order valence-electron chi connectivity index (χ4n) is 3.24. The molecule has 0 radical (unpaired) electrons. The number of carbonyl (C=O) groups is 5. The molecule has 1 aromatic rings. The van der Waals surface area contributed by atoms with E-state index in [0.717, 1.165) is 0 Å². The lowest BCUT2D eigenvalue weighted by molar-refractivity contribution is -0.142. The quantitative estimate of drug-likeness (QED) is 0.0925. The Morgan fingerprint density at radius 2 is 1.42 bits per heavy atom. The molecule has 36 heavy (non-hydrogen) atoms. The molecule has 12 nitrogen and oxygen atoms in total. The molecular formula is C23H35N5O7S. The minimum absolute atomic E-state index is 0.0428. The molecular weight excluding hydrogens is 490 g/mol. The SMILES string of the molecule is NCCCCC(NC(=O)C(N)CCC(=O)O)C(=O)NC(CS)C(=O)NC(Cc1ccccc1)C(=O)O. The van der Waals surface area contributed by atoms with Gasteiger partial charge in [0.1, 0.15) is 18.1 Å². The van der Waals surface area contributed by atoms with Gasteiger partial charge in [0.2, 0.25) is 17.7 Å². The molecule has 1 aromatic carbocycles. The number of thiol groups is 1. The highest BCUT2D eigenvalue weighted by Crippen LogP contribution is 2.06. The first-order valence-electron chi connectivity index (χ1n) is 11.5. The van der Waals surface area contributed by atoms with E-state index in [1.165, 1.54) is 0 Å². The molecule has 0 saturated carbocycles. The van der Waals surface area contributed by atoms with Crippen LogP contribution in [0.5, 0.6) is 0 Å². The van der Waals surface area contributed by atoms with Crippen molar-refractivity contribution in [3.05, 3.63) is 35.9 Å². The molecule has 0 spiro atoms. The number of rotatable bonds is 17. The number of nitrogens with two attached hydrogens (primary N) is 2. The monoisotopic (exact) mass is 525 g/mol. The Balaban J connectivity index is 2.85. The summed E-state index contributed by atoms with van der Waals surface area (Å²) in [6.45, 7) is 0.375. The van der Waals surface area contributed by atoms with Gasteiger partial charge in [-0.25, -0.2) is 4.79 Å². The fourth-order valence-corrected chi connectivity index (χ4v) is 3.50. The Bertz CT molecular complexity index is 887. The molecule has 9 N–H and O–H groups in total. The van der Waals surface area contributed by atoms with Gasteiger partial charge in [-0.15, -0.1) is 0 Å². The van der Waals surface area contributed by atoms with E-state index in [1.54, 1.807) is 30.3 Å². The molecule has 0 bridgehead atoms. The second-order valence-electron chi connectivity index (χ2n) is 8.22. The second-order valence-corrected chi connectivity index (χ2v) is 8.58. The molecule has 0 saturated heterocycles. The number of carboxylic acid groups (broad SMARTS) is 2. The number of hydrogen-bond acceptors (Lipinski definition) is 8. The van der Waals surface area contributed by atoms with E-state index in [0.29, 0.717) is 24.9 Å². The molecule has 0 fully saturated rings. The van der Waals surface area contributed by atoms with Crippen molar-refractivity contribution in [3.63, 3.8) is 0 Å². The van der Waals surface area contributed by atoms with Gasteiger partial charge < -0.3 is 37.6 Å². The molecule has 0 aliphatic heterocycles. The van der Waals surface area contributed by atoms with Gasteiger partial charge in [0.05, 0.1) is 6.04 Å². The Morgan fingerprint density at radius 3 is 1.97 bits per heavy atom. The molecule has 0 aliphatic carbocycles. The predicted octanol–water partition coefficient (Wildman–Crippen LogP) is -0.981. The largest absolute Gasteiger partial charge is 0.481 e. The van der Waals surface area contributed by atoms with Crippen LogP contribution in [0.25, 0.3) is 0 Å². The first-order chi connectivity index (χ1) is 17.1. The van der Waals surface area contributed by atoms with Gasteiger partial charge in [0.15, 0.2) is 0 Å². The molecule has 3 amide bonds. The number of carbonyl (C=O) groups excluding carboxylic acids is 3. The van der Waals surface area contributed by atoms with Crippen LogP contribution >= 0.6 is 12.6 Å². The third-order valence-corrected chi connectivity index (χ3v) is 5.66. The zero-order chi connectivity index (χ0) is 27.1. The lowest BCUT2D eigenvalue weighted by Crippen LogP contribution is -2.57. The molecule has 4 unspecified atom stereocenters. The van der Waals surface area contributed by atoms with Crippen molar-refractivity contribution in [1.82, 2.24) is 16.0 Å². The van der Waals surface area contributed by atoms with Crippen molar-refractivity contribution in [2.75, 3.05) is 12.3 Å². The predicted molar refractivity (Wildman–Crippen MR) is 135 cm³/mol. The Labute approximate surface area is 215 Å². The van der Waals surface area contributed by atoms with Crippen LogP contribution in [0.15, 0.2) is 30.3 Å². The van der Waals surface area contributed by atoms with E-state index >= 15 is 0 Å². The van der Waals surface area contributed by atoms with Gasteiger partial charge in [-0.3, -0.25) is 19.2 Å². The first-order valence-corrected chi connectivity index (χ1v) is 12.2. The standard InChI is InChI=1S/C23H35N5O7S/c24-11-5-4-8-16(26-20(31)15(25)9-10-19(29)30)21(32)28-18(13-36)22(33)27-17(23(34)35)12-14-6-2-1-3-7-14/h1-3,6-7,15-18,36H,4-5,8-13,24-25H2,(H,26,31)(H,27,33)(H,28,32)(H,29,30)(H,34,35). The Kier molecular flexibility index (Phi) is 14.1. The number of carboxylic acids is 2. The van der Waals surface area contributed by atoms with Crippen LogP contribution in [0.1, 0.15) is 37.7 Å². The molecule has 0 aromatic heterocycles. The average Bonchev–Trinajstić information content (AvgIpc) is 2.84. The van der Waals surface area contributed by atoms with Crippen molar-refractivity contribution < 1.29 is 34.2 Å². The smallest absolute Gasteiger partial charge is 0.326 e. The number of amides is 3. The number of unbranched alkanes of at least 4 members (excludes halogenated alkanes) is 1. The number of nitrogens with one attached hydrogen (secondary N) is 3. The van der Waals surface area contributed by atoms with E-state index in [1.807, 2.05) is 0 Å². The maximum absolute atomic E-state index is 12.9. The van der Waals surface area contributed by atoms with E-state index in [2.05, 4.69) is 28.6 Å². The molecule has 13 heteroatoms. The lowest BCUT2D eigenvalue weighted by atomic mass is 10.1. The van der Waals surface area contributed by atoms with Crippen molar-refractivity contribution in [1.29, 1.82) is 0 Å². The summed E-state index contributed by atoms with van der Waals surface area (Å²) >= 11 is 4.10. The fraction of sp³-hybridized carbons (Fsp3) is 0.522. The topological polar surface area (TPSA) is 214 Å². The minimum Gasteiger partial charge on any atom is -0.481 e. The summed E-state index contributed by atoms with van der Waals surface area (Å²) in [4.78, 5) is 60.5. The molecule has 200 valence electrons. The van der Waals surface area contributed by atoms with Gasteiger partial charge in [-0.1, -0.05) is 30.3 Å². The summed E-state index contributed by atoms with van der Waals surface area (Å²) < 4.78 is 0. The zero-order valence-corrected chi connectivity index (χ0v) is 20.8. The second kappa shape index (κ2) is 16.5. The van der Waals surface area contributed by atoms with Crippen LogP contribution in [-0.2, 0) is 30.4 Å². The van der Waals surface area contributed by atoms with E-state index in [-0.39, 0.29) is 31.4 Å². The summed E-state index contributed by atoms with van der Waals surface area (Å²) in [6, 6.07) is 4.15.